The minimum absolute atomic E-state index is 0.103. The number of hydrogen-bond acceptors (Lipinski definition) is 11. The monoisotopic (exact) mass is 772 g/mol. The molecule has 0 atom stereocenters. The Morgan fingerprint density at radius 2 is 1.00 bits per heavy atom. The van der Waals surface area contributed by atoms with Crippen LogP contribution in [0.2, 0.25) is 0 Å². The van der Waals surface area contributed by atoms with Crippen LogP contribution in [0.5, 0.6) is 23.0 Å². The van der Waals surface area contributed by atoms with E-state index in [0.717, 1.165) is 23.5 Å². The molecule has 9 nitrogen and oxygen atoms in total. The van der Waals surface area contributed by atoms with Crippen LogP contribution in [0.25, 0.3) is 0 Å². The first-order valence-corrected chi connectivity index (χ1v) is 19.1. The molecule has 5 aromatic carbocycles. The summed E-state index contributed by atoms with van der Waals surface area (Å²) >= 11 is 1.96. The molecule has 0 radical (unpaired) electrons. The maximum absolute atomic E-state index is 13.6. The third kappa shape index (κ3) is 7.17. The van der Waals surface area contributed by atoms with Gasteiger partial charge in [0.2, 0.25) is 0 Å². The van der Waals surface area contributed by atoms with Gasteiger partial charge in [0.05, 0.1) is 16.7 Å². The summed E-state index contributed by atoms with van der Waals surface area (Å²) in [5, 5.41) is -0.205. The number of esters is 3. The van der Waals surface area contributed by atoms with Gasteiger partial charge in [-0.05, 0) is 54.6 Å². The van der Waals surface area contributed by atoms with Crippen molar-refractivity contribution in [3.05, 3.63) is 143 Å². The molecule has 7 rings (SSSR count). The van der Waals surface area contributed by atoms with Gasteiger partial charge in [0, 0.05) is 49.4 Å². The lowest BCUT2D eigenvalue weighted by molar-refractivity contribution is -0.118. The molecule has 2 heterocycles. The van der Waals surface area contributed by atoms with Crippen LogP contribution in [0.4, 0.5) is 0 Å². The van der Waals surface area contributed by atoms with Gasteiger partial charge >= 0.3 is 17.9 Å². The molecule has 0 bridgehead atoms. The van der Waals surface area contributed by atoms with Crippen molar-refractivity contribution >= 4 is 51.7 Å². The topological polar surface area (TPSA) is 122 Å². The van der Waals surface area contributed by atoms with E-state index in [4.69, 9.17) is 18.9 Å². The lowest BCUT2D eigenvalue weighted by Gasteiger charge is -2.36. The second kappa shape index (κ2) is 14.2. The summed E-state index contributed by atoms with van der Waals surface area (Å²) in [5.41, 5.74) is -0.297. The van der Waals surface area contributed by atoms with Gasteiger partial charge in [-0.3, -0.25) is 9.59 Å². The van der Waals surface area contributed by atoms with Crippen LogP contribution in [0.15, 0.2) is 119 Å². The SMILES string of the molecule is CC(C)(C)C(=O)Sc1ccccc1C(=O)Oc1ccc2c(c1)Oc1cc(OC(=O)c3ccccc3SC(=O)C(C)(C)C)ccc1C21OC(=O)c2ccccc21. The number of carbonyl (C=O) groups is 5. The van der Waals surface area contributed by atoms with Crippen LogP contribution < -0.4 is 14.2 Å². The van der Waals surface area contributed by atoms with Crippen LogP contribution in [0.3, 0.4) is 0 Å². The van der Waals surface area contributed by atoms with E-state index in [1.165, 1.54) is 12.1 Å². The predicted molar refractivity (Wildman–Crippen MR) is 208 cm³/mol. The van der Waals surface area contributed by atoms with Gasteiger partial charge in [0.1, 0.15) is 23.0 Å². The van der Waals surface area contributed by atoms with Crippen LogP contribution in [0, 0.1) is 10.8 Å². The van der Waals surface area contributed by atoms with Gasteiger partial charge in [-0.1, -0.05) is 108 Å². The minimum Gasteiger partial charge on any atom is -0.456 e. The second-order valence-electron chi connectivity index (χ2n) is 15.1. The van der Waals surface area contributed by atoms with E-state index < -0.39 is 34.3 Å². The Kier molecular flexibility index (Phi) is 9.73. The van der Waals surface area contributed by atoms with Crippen LogP contribution >= 0.6 is 23.5 Å². The van der Waals surface area contributed by atoms with E-state index in [0.29, 0.717) is 32.0 Å². The van der Waals surface area contributed by atoms with Crippen LogP contribution in [-0.2, 0) is 19.9 Å². The zero-order valence-electron chi connectivity index (χ0n) is 30.9. The lowest BCUT2D eigenvalue weighted by atomic mass is 9.77. The Hall–Kier alpha value is -5.65. The van der Waals surface area contributed by atoms with Crippen molar-refractivity contribution in [3.63, 3.8) is 0 Å². The fraction of sp³-hybridized carbons (Fsp3) is 0.205. The van der Waals surface area contributed by atoms with Gasteiger partial charge in [-0.25, -0.2) is 14.4 Å². The minimum atomic E-state index is -1.44. The Labute approximate surface area is 326 Å². The molecule has 0 aromatic heterocycles. The summed E-state index contributed by atoms with van der Waals surface area (Å²) in [7, 11) is 0. The number of fused-ring (bicyclic) bond motifs is 6. The van der Waals surface area contributed by atoms with Gasteiger partial charge in [-0.2, -0.15) is 0 Å². The smallest absolute Gasteiger partial charge is 0.344 e. The molecule has 0 unspecified atom stereocenters. The van der Waals surface area contributed by atoms with Crippen molar-refractivity contribution in [2.75, 3.05) is 0 Å². The van der Waals surface area contributed by atoms with Crippen molar-refractivity contribution in [2.24, 2.45) is 10.8 Å². The van der Waals surface area contributed by atoms with E-state index in [9.17, 15) is 24.0 Å². The fourth-order valence-corrected chi connectivity index (χ4v) is 7.87. The number of benzene rings is 5. The molecule has 0 N–H and O–H groups in total. The first-order valence-electron chi connectivity index (χ1n) is 17.4. The molecule has 0 aliphatic carbocycles. The fourth-order valence-electron chi connectivity index (χ4n) is 6.04. The number of thioether (sulfide) groups is 2. The summed E-state index contributed by atoms with van der Waals surface area (Å²) in [4.78, 5) is 67.1. The Morgan fingerprint density at radius 3 is 1.47 bits per heavy atom. The largest absolute Gasteiger partial charge is 0.456 e. The number of ether oxygens (including phenoxy) is 4. The van der Waals surface area contributed by atoms with Crippen molar-refractivity contribution in [1.82, 2.24) is 0 Å². The average molecular weight is 773 g/mol. The Bertz CT molecular complexity index is 2280. The molecule has 0 amide bonds. The second-order valence-corrected chi connectivity index (χ2v) is 17.1. The number of hydrogen-bond donors (Lipinski definition) is 0. The highest BCUT2D eigenvalue weighted by atomic mass is 32.2. The molecule has 0 fully saturated rings. The molecule has 5 aromatic rings. The van der Waals surface area contributed by atoms with Gasteiger partial charge in [0.15, 0.2) is 15.8 Å². The molecule has 2 aliphatic rings. The molecule has 0 saturated heterocycles. The zero-order valence-corrected chi connectivity index (χ0v) is 32.5. The van der Waals surface area contributed by atoms with E-state index in [1.54, 1.807) is 84.9 Å². The summed E-state index contributed by atoms with van der Waals surface area (Å²) in [5.74, 6) is -1.13. The van der Waals surface area contributed by atoms with Gasteiger partial charge in [0.25, 0.3) is 0 Å². The molecule has 1 spiro atoms. The van der Waals surface area contributed by atoms with Crippen molar-refractivity contribution in [3.8, 4) is 23.0 Å². The molecule has 55 heavy (non-hydrogen) atoms. The highest BCUT2D eigenvalue weighted by Crippen LogP contribution is 2.57. The summed E-state index contributed by atoms with van der Waals surface area (Å²) in [6.45, 7) is 10.9. The molecule has 278 valence electrons. The molecule has 11 heteroatoms. The highest BCUT2D eigenvalue weighted by Gasteiger charge is 2.53. The maximum atomic E-state index is 13.6. The quantitative estimate of drug-likeness (QED) is 0.0931. The molecular weight excluding hydrogens is 737 g/mol. The molecule has 0 saturated carbocycles. The lowest BCUT2D eigenvalue weighted by Crippen LogP contribution is -2.33. The summed E-state index contributed by atoms with van der Waals surface area (Å²) in [6, 6.07) is 30.1. The normalized spacial score (nSPS) is 13.8. The van der Waals surface area contributed by atoms with Crippen LogP contribution in [-0.4, -0.2) is 28.1 Å². The summed E-state index contributed by atoms with van der Waals surface area (Å²) in [6.07, 6.45) is 0. The highest BCUT2D eigenvalue weighted by molar-refractivity contribution is 8.14. The Morgan fingerprint density at radius 1 is 0.564 bits per heavy atom. The maximum Gasteiger partial charge on any atom is 0.344 e. The standard InChI is InChI=1S/C44H36O9S2/c1-42(2,3)40(48)54-35-17-11-8-14-28(35)37(45)50-25-19-21-31-33(23-25)52-34-24-26(20-22-32(34)44(31)30-16-10-7-13-27(30)39(47)53-44)51-38(46)29-15-9-12-18-36(29)55-41(49)43(4,5)6/h7-24H,1-6H3. The molecular formula is C44H36O9S2. The van der Waals surface area contributed by atoms with Crippen LogP contribution in [0.1, 0.15) is 89.3 Å². The van der Waals surface area contributed by atoms with Gasteiger partial charge in [-0.15, -0.1) is 0 Å². The first-order chi connectivity index (χ1) is 26.1. The van der Waals surface area contributed by atoms with Crippen molar-refractivity contribution in [1.29, 1.82) is 0 Å². The zero-order chi connectivity index (χ0) is 39.3. The number of carbonyl (C=O) groups excluding carboxylic acids is 5. The number of rotatable bonds is 6. The van der Waals surface area contributed by atoms with Gasteiger partial charge < -0.3 is 18.9 Å². The average Bonchev–Trinajstić information content (AvgIpc) is 3.43. The third-order valence-electron chi connectivity index (χ3n) is 8.92. The third-order valence-corrected chi connectivity index (χ3v) is 11.7. The van der Waals surface area contributed by atoms with E-state index in [2.05, 4.69) is 0 Å². The first kappa shape index (κ1) is 37.7. The molecule has 2 aliphatic heterocycles. The van der Waals surface area contributed by atoms with Crippen molar-refractivity contribution in [2.45, 2.75) is 56.9 Å². The summed E-state index contributed by atoms with van der Waals surface area (Å²) < 4.78 is 24.4. The van der Waals surface area contributed by atoms with E-state index in [-0.39, 0.29) is 44.4 Å². The predicted octanol–water partition coefficient (Wildman–Crippen LogP) is 10.0. The Balaban J connectivity index is 1.23. The van der Waals surface area contributed by atoms with E-state index >= 15 is 0 Å². The van der Waals surface area contributed by atoms with Crippen molar-refractivity contribution < 1.29 is 42.9 Å². The van der Waals surface area contributed by atoms with E-state index in [1.807, 2.05) is 53.7 Å².